The summed E-state index contributed by atoms with van der Waals surface area (Å²) < 4.78 is 20.1. The topological polar surface area (TPSA) is 68.8 Å². The molecule has 3 heterocycles. The van der Waals surface area contributed by atoms with Gasteiger partial charge in [-0.25, -0.2) is 4.39 Å². The Balaban J connectivity index is 1.40. The number of nitrogens with zero attached hydrogens (tertiary/aromatic N) is 2. The van der Waals surface area contributed by atoms with Crippen LogP contribution in [0.25, 0.3) is 10.9 Å². The van der Waals surface area contributed by atoms with Gasteiger partial charge in [-0.1, -0.05) is 24.6 Å². The second-order valence-corrected chi connectivity index (χ2v) is 10.8. The Hall–Kier alpha value is -2.90. The number of hydrogen-bond acceptors (Lipinski definition) is 4. The number of rotatable bonds is 5. The van der Waals surface area contributed by atoms with Crippen LogP contribution in [0, 0.1) is 11.7 Å². The van der Waals surface area contributed by atoms with E-state index in [1.54, 1.807) is 13.2 Å². The molecule has 7 heteroatoms. The third-order valence-corrected chi connectivity index (χ3v) is 8.84. The summed E-state index contributed by atoms with van der Waals surface area (Å²) in [4.78, 5) is 20.9. The summed E-state index contributed by atoms with van der Waals surface area (Å²) in [6.07, 6.45) is 4.89. The van der Waals surface area contributed by atoms with Crippen molar-refractivity contribution in [2.75, 3.05) is 33.4 Å². The van der Waals surface area contributed by atoms with E-state index in [4.69, 9.17) is 4.74 Å². The number of hydrogen-bond donors (Lipinski definition) is 2. The van der Waals surface area contributed by atoms with E-state index in [1.165, 1.54) is 11.6 Å². The quantitative estimate of drug-likeness (QED) is 0.551. The lowest BCUT2D eigenvalue weighted by Gasteiger charge is -2.50. The van der Waals surface area contributed by atoms with Gasteiger partial charge < -0.3 is 19.7 Å². The molecule has 1 unspecified atom stereocenters. The van der Waals surface area contributed by atoms with Crippen molar-refractivity contribution < 1.29 is 19.0 Å². The molecule has 0 bridgehead atoms. The molecule has 1 spiro atoms. The van der Waals surface area contributed by atoms with Gasteiger partial charge in [0.05, 0.1) is 19.8 Å². The number of benzene rings is 2. The molecule has 2 aromatic carbocycles. The van der Waals surface area contributed by atoms with Crippen LogP contribution in [0.2, 0.25) is 0 Å². The molecular weight excluding hydrogens is 457 g/mol. The average Bonchev–Trinajstić information content (AvgIpc) is 3.24. The summed E-state index contributed by atoms with van der Waals surface area (Å²) >= 11 is 0. The minimum Gasteiger partial charge on any atom is -0.497 e. The number of ether oxygens (including phenoxy) is 1. The van der Waals surface area contributed by atoms with Gasteiger partial charge in [-0.2, -0.15) is 0 Å². The summed E-state index contributed by atoms with van der Waals surface area (Å²) in [7, 11) is 1.66. The summed E-state index contributed by atoms with van der Waals surface area (Å²) in [5, 5.41) is 11.7. The van der Waals surface area contributed by atoms with E-state index in [0.717, 1.165) is 67.5 Å². The molecule has 2 N–H and O–H groups in total. The number of methoxy groups -OCH3 is 1. The number of nitrogens with one attached hydrogen (secondary N) is 1. The molecule has 1 saturated heterocycles. The van der Waals surface area contributed by atoms with Crippen LogP contribution in [0.15, 0.2) is 42.5 Å². The molecule has 1 amide bonds. The standard InChI is InChI=1S/C29H34FN3O3/c1-36-21-9-10-22-24(15-21)31-27-25(17-34)33(16-20-5-2-3-8-23(20)30)18-29(26(22)27)11-13-32(14-12-29)28(35)19-6-4-7-19/h2-3,5,8-10,15,19,25,31,34H,4,6-7,11-14,16-18H2,1H3. The van der Waals surface area contributed by atoms with E-state index in [1.807, 2.05) is 24.3 Å². The molecule has 1 atom stereocenters. The van der Waals surface area contributed by atoms with Crippen molar-refractivity contribution in [2.24, 2.45) is 5.92 Å². The number of aliphatic hydroxyl groups is 1. The van der Waals surface area contributed by atoms with Crippen molar-refractivity contribution >= 4 is 16.8 Å². The number of carbonyl (C=O) groups is 1. The van der Waals surface area contributed by atoms with Gasteiger partial charge in [0.15, 0.2) is 0 Å². The second kappa shape index (κ2) is 9.20. The maximum Gasteiger partial charge on any atom is 0.225 e. The zero-order valence-electron chi connectivity index (χ0n) is 20.8. The summed E-state index contributed by atoms with van der Waals surface area (Å²) in [5.41, 5.74) is 3.68. The molecule has 190 valence electrons. The molecule has 1 aliphatic carbocycles. The van der Waals surface area contributed by atoms with Crippen LogP contribution < -0.4 is 4.74 Å². The summed E-state index contributed by atoms with van der Waals surface area (Å²) in [5.74, 6) is 1.07. The first-order chi connectivity index (χ1) is 17.5. The van der Waals surface area contributed by atoms with Gasteiger partial charge in [0, 0.05) is 65.7 Å². The number of H-pyrrole nitrogens is 1. The van der Waals surface area contributed by atoms with Crippen LogP contribution in [0.3, 0.4) is 0 Å². The summed E-state index contributed by atoms with van der Waals surface area (Å²) in [6.45, 7) is 2.53. The molecule has 2 fully saturated rings. The van der Waals surface area contributed by atoms with E-state index >= 15 is 0 Å². The molecule has 6 rings (SSSR count). The van der Waals surface area contributed by atoms with Crippen LogP contribution in [0.5, 0.6) is 5.75 Å². The van der Waals surface area contributed by atoms with Gasteiger partial charge >= 0.3 is 0 Å². The third kappa shape index (κ3) is 3.80. The normalized spacial score (nSPS) is 22.0. The lowest BCUT2D eigenvalue weighted by atomic mass is 9.68. The number of piperidine rings is 1. The fourth-order valence-electron chi connectivity index (χ4n) is 6.60. The van der Waals surface area contributed by atoms with Gasteiger partial charge in [-0.15, -0.1) is 0 Å². The minimum absolute atomic E-state index is 0.0617. The van der Waals surface area contributed by atoms with Gasteiger partial charge in [-0.05, 0) is 49.4 Å². The van der Waals surface area contributed by atoms with E-state index < -0.39 is 0 Å². The third-order valence-electron chi connectivity index (χ3n) is 8.84. The molecule has 2 aliphatic heterocycles. The number of fused-ring (bicyclic) bond motifs is 4. The van der Waals surface area contributed by atoms with Gasteiger partial charge in [-0.3, -0.25) is 9.69 Å². The van der Waals surface area contributed by atoms with E-state index in [2.05, 4.69) is 20.9 Å². The van der Waals surface area contributed by atoms with Crippen molar-refractivity contribution in [2.45, 2.75) is 50.1 Å². The van der Waals surface area contributed by atoms with E-state index in [-0.39, 0.29) is 29.8 Å². The number of amides is 1. The highest BCUT2D eigenvalue weighted by Gasteiger charge is 2.48. The molecular formula is C29H34FN3O3. The smallest absolute Gasteiger partial charge is 0.225 e. The Morgan fingerprint density at radius 2 is 1.97 bits per heavy atom. The SMILES string of the molecule is COc1ccc2c3c([nH]c2c1)C(CO)N(Cc1ccccc1F)CC31CCN(C(=O)C2CCC2)CC1. The second-order valence-electron chi connectivity index (χ2n) is 10.8. The first-order valence-electron chi connectivity index (χ1n) is 13.1. The lowest BCUT2D eigenvalue weighted by Crippen LogP contribution is -2.55. The first-order valence-corrected chi connectivity index (χ1v) is 13.1. The van der Waals surface area contributed by atoms with Crippen molar-refractivity contribution in [1.29, 1.82) is 0 Å². The van der Waals surface area contributed by atoms with Crippen molar-refractivity contribution in [3.63, 3.8) is 0 Å². The Labute approximate surface area is 211 Å². The highest BCUT2D eigenvalue weighted by Crippen LogP contribution is 2.49. The monoisotopic (exact) mass is 491 g/mol. The Morgan fingerprint density at radius 1 is 1.19 bits per heavy atom. The maximum atomic E-state index is 14.7. The minimum atomic E-state index is -0.265. The van der Waals surface area contributed by atoms with E-state index in [0.29, 0.717) is 24.6 Å². The average molecular weight is 492 g/mol. The Kier molecular flexibility index (Phi) is 6.00. The lowest BCUT2D eigenvalue weighted by molar-refractivity contribution is -0.140. The van der Waals surface area contributed by atoms with Crippen LogP contribution in [-0.4, -0.2) is 59.1 Å². The fraction of sp³-hybridized carbons (Fsp3) is 0.483. The fourth-order valence-corrected chi connectivity index (χ4v) is 6.60. The number of likely N-dealkylation sites (tertiary alicyclic amines) is 1. The van der Waals surface area contributed by atoms with Gasteiger partial charge in [0.25, 0.3) is 0 Å². The molecule has 3 aliphatic rings. The Bertz CT molecular complexity index is 1280. The van der Waals surface area contributed by atoms with Crippen LogP contribution >= 0.6 is 0 Å². The van der Waals surface area contributed by atoms with Crippen molar-refractivity contribution in [1.82, 2.24) is 14.8 Å². The van der Waals surface area contributed by atoms with Crippen LogP contribution in [-0.2, 0) is 16.8 Å². The number of aromatic nitrogens is 1. The molecule has 1 saturated carbocycles. The predicted octanol–water partition coefficient (Wildman–Crippen LogP) is 4.53. The predicted molar refractivity (Wildman–Crippen MR) is 136 cm³/mol. The zero-order chi connectivity index (χ0) is 24.9. The molecule has 0 radical (unpaired) electrons. The summed E-state index contributed by atoms with van der Waals surface area (Å²) in [6, 6.07) is 12.7. The van der Waals surface area contributed by atoms with Crippen LogP contribution in [0.1, 0.15) is 55.0 Å². The highest BCUT2D eigenvalue weighted by molar-refractivity contribution is 5.88. The largest absolute Gasteiger partial charge is 0.497 e. The first kappa shape index (κ1) is 23.5. The van der Waals surface area contributed by atoms with E-state index in [9.17, 15) is 14.3 Å². The molecule has 1 aromatic heterocycles. The van der Waals surface area contributed by atoms with Crippen molar-refractivity contribution in [3.8, 4) is 5.75 Å². The molecule has 6 nitrogen and oxygen atoms in total. The maximum absolute atomic E-state index is 14.7. The number of halogens is 1. The van der Waals surface area contributed by atoms with Gasteiger partial charge in [0.1, 0.15) is 11.6 Å². The van der Waals surface area contributed by atoms with Crippen molar-refractivity contribution in [3.05, 3.63) is 65.1 Å². The zero-order valence-corrected chi connectivity index (χ0v) is 20.8. The Morgan fingerprint density at radius 3 is 2.64 bits per heavy atom. The number of aromatic amines is 1. The highest BCUT2D eigenvalue weighted by atomic mass is 19.1. The number of aliphatic hydroxyl groups excluding tert-OH is 1. The number of carbonyl (C=O) groups excluding carboxylic acids is 1. The van der Waals surface area contributed by atoms with Gasteiger partial charge in [0.2, 0.25) is 5.91 Å². The molecule has 3 aromatic rings. The van der Waals surface area contributed by atoms with Crippen LogP contribution in [0.4, 0.5) is 4.39 Å². The molecule has 36 heavy (non-hydrogen) atoms.